The number of aldehydes is 1. The summed E-state index contributed by atoms with van der Waals surface area (Å²) in [5.74, 6) is 1.64. The molecule has 2 heterocycles. The molecule has 0 fully saturated rings. The minimum absolute atomic E-state index is 0.0536. The Balaban J connectivity index is 1.65. The van der Waals surface area contributed by atoms with Crippen LogP contribution in [0.2, 0.25) is 0 Å². The summed E-state index contributed by atoms with van der Waals surface area (Å²) in [6.45, 7) is 15.3. The van der Waals surface area contributed by atoms with Gasteiger partial charge in [-0.15, -0.1) is 0 Å². The zero-order valence-electron chi connectivity index (χ0n) is 24.8. The Bertz CT molecular complexity index is 1210. The number of aryl methyl sites for hydroxylation is 2. The minimum atomic E-state index is -0.109. The first kappa shape index (κ1) is 30.0. The second-order valence-electron chi connectivity index (χ2n) is 13.2. The molecule has 0 unspecified atom stereocenters. The first-order valence-corrected chi connectivity index (χ1v) is 14.2. The van der Waals surface area contributed by atoms with Gasteiger partial charge in [0, 0.05) is 30.2 Å². The zero-order chi connectivity index (χ0) is 28.0. The average molecular weight is 525 g/mol. The van der Waals surface area contributed by atoms with Crippen LogP contribution in [0.15, 0.2) is 24.3 Å². The number of pyridine rings is 1. The van der Waals surface area contributed by atoms with Crippen LogP contribution in [0.4, 0.5) is 5.82 Å². The molecule has 3 rings (SSSR count). The van der Waals surface area contributed by atoms with E-state index in [1.807, 2.05) is 12.1 Å². The molecular formula is C31H50N5O2+. The van der Waals surface area contributed by atoms with Gasteiger partial charge in [0.1, 0.15) is 17.6 Å². The van der Waals surface area contributed by atoms with E-state index < -0.39 is 0 Å². The molecule has 0 aliphatic heterocycles. The molecule has 3 aromatic rings. The van der Waals surface area contributed by atoms with Gasteiger partial charge in [-0.2, -0.15) is 0 Å². The van der Waals surface area contributed by atoms with E-state index in [1.165, 1.54) is 0 Å². The van der Waals surface area contributed by atoms with Crippen molar-refractivity contribution in [3.63, 3.8) is 0 Å². The smallest absolute Gasteiger partial charge is 0.152 e. The van der Waals surface area contributed by atoms with Crippen molar-refractivity contribution in [1.29, 1.82) is 0 Å². The molecule has 0 radical (unpaired) electrons. The average Bonchev–Trinajstić information content (AvgIpc) is 3.18. The number of nitrogen functional groups attached to an aromatic ring is 1. The standard InChI is InChI=1S/C31H50N5O2/c1-8-9-16-26-34-27-28(24-14-10-11-15-25(24)33-29(27)32)35(26)18-12-13-19-36(6,7)21-31(4,5)23-38-22-30(2,3)17-20-37/h10-11,14-15,20H,8-9,12-13,16-19,21-23H2,1-7H3,(H2,32,33)/q+1. The highest BCUT2D eigenvalue weighted by molar-refractivity contribution is 6.06. The maximum absolute atomic E-state index is 10.9. The predicted octanol–water partition coefficient (Wildman–Crippen LogP) is 6.02. The van der Waals surface area contributed by atoms with Crippen molar-refractivity contribution in [2.24, 2.45) is 10.8 Å². The van der Waals surface area contributed by atoms with E-state index in [2.05, 4.69) is 70.4 Å². The lowest BCUT2D eigenvalue weighted by atomic mass is 9.90. The number of fused-ring (bicyclic) bond motifs is 3. The number of para-hydroxylation sites is 1. The van der Waals surface area contributed by atoms with Gasteiger partial charge in [0.25, 0.3) is 0 Å². The Morgan fingerprint density at radius 3 is 2.45 bits per heavy atom. The molecular weight excluding hydrogens is 474 g/mol. The quantitative estimate of drug-likeness (QED) is 0.141. The van der Waals surface area contributed by atoms with Gasteiger partial charge in [-0.25, -0.2) is 9.97 Å². The Kier molecular flexibility index (Phi) is 9.93. The van der Waals surface area contributed by atoms with Crippen molar-refractivity contribution in [2.75, 3.05) is 46.1 Å². The number of carbonyl (C=O) groups excluding carboxylic acids is 1. The Morgan fingerprint density at radius 1 is 1.03 bits per heavy atom. The molecule has 38 heavy (non-hydrogen) atoms. The summed E-state index contributed by atoms with van der Waals surface area (Å²) < 4.78 is 9.43. The second kappa shape index (κ2) is 12.6. The monoisotopic (exact) mass is 524 g/mol. The van der Waals surface area contributed by atoms with Crippen LogP contribution in [0.25, 0.3) is 21.9 Å². The molecule has 0 saturated carbocycles. The number of nitrogens with zero attached hydrogens (tertiary/aromatic N) is 4. The number of hydrogen-bond donors (Lipinski definition) is 1. The van der Waals surface area contributed by atoms with Crippen LogP contribution in [0.5, 0.6) is 0 Å². The van der Waals surface area contributed by atoms with E-state index in [1.54, 1.807) is 0 Å². The summed E-state index contributed by atoms with van der Waals surface area (Å²) >= 11 is 0. The molecule has 210 valence electrons. The molecule has 0 atom stereocenters. The van der Waals surface area contributed by atoms with Crippen molar-refractivity contribution in [2.45, 2.75) is 79.7 Å². The first-order valence-electron chi connectivity index (χ1n) is 14.2. The van der Waals surface area contributed by atoms with Gasteiger partial charge >= 0.3 is 0 Å². The summed E-state index contributed by atoms with van der Waals surface area (Å²) in [6.07, 6.45) is 6.93. The number of hydrogen-bond acceptors (Lipinski definition) is 5. The normalized spacial score (nSPS) is 13.0. The highest BCUT2D eigenvalue weighted by Gasteiger charge is 2.30. The molecule has 0 bridgehead atoms. The number of imidazole rings is 1. The highest BCUT2D eigenvalue weighted by atomic mass is 16.5. The molecule has 0 aliphatic rings. The van der Waals surface area contributed by atoms with Crippen molar-refractivity contribution < 1.29 is 14.0 Å². The van der Waals surface area contributed by atoms with Gasteiger partial charge in [-0.3, -0.25) is 0 Å². The third-order valence-corrected chi connectivity index (χ3v) is 7.32. The lowest BCUT2D eigenvalue weighted by Crippen LogP contribution is -2.48. The van der Waals surface area contributed by atoms with Gasteiger partial charge in [0.15, 0.2) is 5.82 Å². The van der Waals surface area contributed by atoms with E-state index in [9.17, 15) is 4.79 Å². The van der Waals surface area contributed by atoms with Crippen LogP contribution >= 0.6 is 0 Å². The van der Waals surface area contributed by atoms with Gasteiger partial charge in [0.05, 0.1) is 51.4 Å². The van der Waals surface area contributed by atoms with Crippen molar-refractivity contribution in [3.05, 3.63) is 30.1 Å². The largest absolute Gasteiger partial charge is 0.382 e. The molecule has 2 N–H and O–H groups in total. The molecule has 0 spiro atoms. The molecule has 7 nitrogen and oxygen atoms in total. The van der Waals surface area contributed by atoms with Gasteiger partial charge < -0.3 is 24.3 Å². The third-order valence-electron chi connectivity index (χ3n) is 7.32. The SMILES string of the molecule is CCCCc1nc2c(N)nc3ccccc3c2n1CCCC[N+](C)(C)CC(C)(C)COCC(C)(C)CC=O. The number of quaternary nitrogens is 1. The molecule has 1 aromatic carbocycles. The number of ether oxygens (including phenoxy) is 1. The molecule has 0 amide bonds. The summed E-state index contributed by atoms with van der Waals surface area (Å²) in [7, 11) is 4.63. The van der Waals surface area contributed by atoms with Gasteiger partial charge in [0.2, 0.25) is 0 Å². The topological polar surface area (TPSA) is 83.0 Å². The van der Waals surface area contributed by atoms with Crippen LogP contribution in [0, 0.1) is 10.8 Å². The summed E-state index contributed by atoms with van der Waals surface area (Å²) in [5, 5.41) is 1.13. The first-order chi connectivity index (χ1) is 17.9. The summed E-state index contributed by atoms with van der Waals surface area (Å²) in [4.78, 5) is 20.5. The minimum Gasteiger partial charge on any atom is -0.382 e. The fourth-order valence-corrected chi connectivity index (χ4v) is 5.65. The van der Waals surface area contributed by atoms with Gasteiger partial charge in [-0.05, 0) is 30.7 Å². The molecule has 0 aliphatic carbocycles. The summed E-state index contributed by atoms with van der Waals surface area (Å²) in [6, 6.07) is 8.24. The fourth-order valence-electron chi connectivity index (χ4n) is 5.65. The highest BCUT2D eigenvalue weighted by Crippen LogP contribution is 2.30. The van der Waals surface area contributed by atoms with Crippen LogP contribution in [-0.2, 0) is 22.5 Å². The fraction of sp³-hybridized carbons (Fsp3) is 0.645. The van der Waals surface area contributed by atoms with E-state index in [-0.39, 0.29) is 10.8 Å². The number of rotatable bonds is 16. The van der Waals surface area contributed by atoms with E-state index in [0.29, 0.717) is 25.5 Å². The number of benzene rings is 1. The van der Waals surface area contributed by atoms with Crippen LogP contribution in [-0.4, -0.2) is 65.7 Å². The van der Waals surface area contributed by atoms with E-state index >= 15 is 0 Å². The predicted molar refractivity (Wildman–Crippen MR) is 158 cm³/mol. The van der Waals surface area contributed by atoms with Gasteiger partial charge in [-0.1, -0.05) is 59.2 Å². The molecule has 0 saturated heterocycles. The van der Waals surface area contributed by atoms with Crippen molar-refractivity contribution in [3.8, 4) is 0 Å². The Morgan fingerprint density at radius 2 is 1.74 bits per heavy atom. The molecule has 2 aromatic heterocycles. The Hall–Kier alpha value is -2.51. The lowest BCUT2D eigenvalue weighted by Gasteiger charge is -2.38. The number of aromatic nitrogens is 3. The number of unbranched alkanes of at least 4 members (excludes halogenated alkanes) is 2. The van der Waals surface area contributed by atoms with Crippen molar-refractivity contribution in [1.82, 2.24) is 14.5 Å². The third kappa shape index (κ3) is 8.00. The van der Waals surface area contributed by atoms with E-state index in [4.69, 9.17) is 15.5 Å². The summed E-state index contributed by atoms with van der Waals surface area (Å²) in [5.41, 5.74) is 9.20. The zero-order valence-corrected chi connectivity index (χ0v) is 24.8. The number of carbonyl (C=O) groups is 1. The van der Waals surface area contributed by atoms with E-state index in [0.717, 1.165) is 90.3 Å². The molecule has 7 heteroatoms. The lowest BCUT2D eigenvalue weighted by molar-refractivity contribution is -0.896. The van der Waals surface area contributed by atoms with Crippen LogP contribution < -0.4 is 5.73 Å². The van der Waals surface area contributed by atoms with Crippen LogP contribution in [0.1, 0.15) is 72.5 Å². The van der Waals surface area contributed by atoms with Crippen molar-refractivity contribution >= 4 is 34.0 Å². The maximum atomic E-state index is 10.9. The maximum Gasteiger partial charge on any atom is 0.152 e. The number of anilines is 1. The number of nitrogens with two attached hydrogens (primary N) is 1. The second-order valence-corrected chi connectivity index (χ2v) is 13.2. The van der Waals surface area contributed by atoms with Crippen LogP contribution in [0.3, 0.4) is 0 Å². The Labute approximate surface area is 229 Å².